The van der Waals surface area contributed by atoms with Gasteiger partial charge in [0.2, 0.25) is 0 Å². The van der Waals surface area contributed by atoms with Gasteiger partial charge in [-0.25, -0.2) is 9.97 Å². The van der Waals surface area contributed by atoms with Crippen LogP contribution in [0.2, 0.25) is 0 Å². The van der Waals surface area contributed by atoms with Gasteiger partial charge >= 0.3 is 0 Å². The number of pyridine rings is 1. The molecule has 2 aromatic heterocycles. The van der Waals surface area contributed by atoms with Crippen LogP contribution in [0.3, 0.4) is 0 Å². The predicted octanol–water partition coefficient (Wildman–Crippen LogP) is 3.35. The van der Waals surface area contributed by atoms with E-state index in [1.807, 2.05) is 19.1 Å². The molecule has 0 saturated carbocycles. The zero-order valence-electron chi connectivity index (χ0n) is 14.9. The van der Waals surface area contributed by atoms with Crippen LogP contribution in [0.4, 0.5) is 5.82 Å². The van der Waals surface area contributed by atoms with Gasteiger partial charge in [0.25, 0.3) is 5.56 Å². The third kappa shape index (κ3) is 3.38. The van der Waals surface area contributed by atoms with Gasteiger partial charge in [0.1, 0.15) is 11.6 Å². The number of aryl methyl sites for hydroxylation is 2. The summed E-state index contributed by atoms with van der Waals surface area (Å²) in [6.07, 6.45) is 4.76. The number of nitrogens with zero attached hydrogens (tertiary/aromatic N) is 3. The largest absolute Gasteiger partial charge is 0.352 e. The van der Waals surface area contributed by atoms with E-state index < -0.39 is 0 Å². The number of aromatic amines is 1. The van der Waals surface area contributed by atoms with Crippen LogP contribution < -0.4 is 10.5 Å². The zero-order chi connectivity index (χ0) is 17.9. The van der Waals surface area contributed by atoms with Gasteiger partial charge in [0.15, 0.2) is 0 Å². The van der Waals surface area contributed by atoms with Crippen molar-refractivity contribution in [2.24, 2.45) is 0 Å². The Morgan fingerprint density at radius 3 is 2.77 bits per heavy atom. The number of hydrogen-bond acceptors (Lipinski definition) is 4. The van der Waals surface area contributed by atoms with Crippen molar-refractivity contribution in [2.75, 3.05) is 11.4 Å². The van der Waals surface area contributed by atoms with E-state index in [0.717, 1.165) is 49.4 Å². The highest BCUT2D eigenvalue weighted by Crippen LogP contribution is 2.24. The Labute approximate surface area is 152 Å². The lowest BCUT2D eigenvalue weighted by Crippen LogP contribution is -2.23. The second-order valence-electron chi connectivity index (χ2n) is 6.64. The molecule has 5 heteroatoms. The van der Waals surface area contributed by atoms with E-state index in [1.165, 1.54) is 11.1 Å². The average Bonchev–Trinajstić information content (AvgIpc) is 2.90. The minimum absolute atomic E-state index is 0.125. The van der Waals surface area contributed by atoms with Crippen molar-refractivity contribution in [1.82, 2.24) is 15.0 Å². The molecular formula is C21H22N4O. The molecule has 0 fully saturated rings. The number of fused-ring (bicyclic) bond motifs is 1. The second kappa shape index (κ2) is 7.12. The molecule has 0 radical (unpaired) electrons. The highest BCUT2D eigenvalue weighted by molar-refractivity contribution is 5.56. The fraction of sp³-hybridized carbons (Fsp3) is 0.286. The van der Waals surface area contributed by atoms with Gasteiger partial charge in [-0.3, -0.25) is 4.79 Å². The van der Waals surface area contributed by atoms with Gasteiger partial charge in [-0.15, -0.1) is 0 Å². The molecule has 0 saturated heterocycles. The molecule has 1 aliphatic heterocycles. The quantitative estimate of drug-likeness (QED) is 0.790. The lowest BCUT2D eigenvalue weighted by molar-refractivity contribution is 0.755. The molecule has 5 nitrogen and oxygen atoms in total. The molecule has 4 rings (SSSR count). The van der Waals surface area contributed by atoms with Crippen LogP contribution >= 0.6 is 0 Å². The maximum absolute atomic E-state index is 11.8. The van der Waals surface area contributed by atoms with Crippen molar-refractivity contribution in [3.05, 3.63) is 75.8 Å². The molecule has 1 N–H and O–H groups in total. The van der Waals surface area contributed by atoms with Crippen molar-refractivity contribution in [3.8, 4) is 11.4 Å². The molecular weight excluding hydrogens is 324 g/mol. The Balaban J connectivity index is 1.60. The van der Waals surface area contributed by atoms with Crippen LogP contribution in [0, 0.1) is 0 Å². The Bertz CT molecular complexity index is 962. The second-order valence-corrected chi connectivity index (χ2v) is 6.64. The maximum Gasteiger partial charge on any atom is 0.251 e. The van der Waals surface area contributed by atoms with Gasteiger partial charge in [-0.1, -0.05) is 31.2 Å². The smallest absolute Gasteiger partial charge is 0.251 e. The minimum atomic E-state index is -0.125. The van der Waals surface area contributed by atoms with Crippen molar-refractivity contribution >= 4 is 5.82 Å². The molecule has 132 valence electrons. The summed E-state index contributed by atoms with van der Waals surface area (Å²) in [4.78, 5) is 26.0. The first-order valence-corrected chi connectivity index (χ1v) is 9.11. The number of aromatic nitrogens is 3. The predicted molar refractivity (Wildman–Crippen MR) is 103 cm³/mol. The van der Waals surface area contributed by atoms with Gasteiger partial charge in [-0.2, -0.15) is 0 Å². The molecule has 0 atom stereocenters. The summed E-state index contributed by atoms with van der Waals surface area (Å²) in [5.41, 5.74) is 4.30. The molecule has 0 amide bonds. The maximum atomic E-state index is 11.8. The topological polar surface area (TPSA) is 61.9 Å². The highest BCUT2D eigenvalue weighted by atomic mass is 16.1. The van der Waals surface area contributed by atoms with E-state index in [4.69, 9.17) is 0 Å². The number of H-pyrrole nitrogens is 1. The molecule has 26 heavy (non-hydrogen) atoms. The Kier molecular flexibility index (Phi) is 4.52. The van der Waals surface area contributed by atoms with Gasteiger partial charge in [0.05, 0.1) is 0 Å². The van der Waals surface area contributed by atoms with Crippen molar-refractivity contribution in [3.63, 3.8) is 0 Å². The summed E-state index contributed by atoms with van der Waals surface area (Å²) < 4.78 is 0. The van der Waals surface area contributed by atoms with Crippen LogP contribution in [-0.4, -0.2) is 21.5 Å². The standard InChI is InChI=1S/C21H22N4O/c1-2-18-12-20(26)24-21(23-18)16-9-10-19(22-13-16)25-11-5-8-15-6-3-4-7-17(15)14-25/h3-4,6-7,9-10,12-13H,2,5,8,11,14H2,1H3,(H,23,24,26). The molecule has 1 aromatic carbocycles. The number of nitrogens with one attached hydrogen (secondary N) is 1. The SMILES string of the molecule is CCc1cc(=O)[nH]c(-c2ccc(N3CCCc4ccccc4C3)nc2)n1. The number of anilines is 1. The van der Waals surface area contributed by atoms with E-state index in [9.17, 15) is 4.79 Å². The van der Waals surface area contributed by atoms with E-state index in [2.05, 4.69) is 44.1 Å². The summed E-state index contributed by atoms with van der Waals surface area (Å²) in [6.45, 7) is 3.86. The van der Waals surface area contributed by atoms with Crippen LogP contribution in [0.5, 0.6) is 0 Å². The lowest BCUT2D eigenvalue weighted by Gasteiger charge is -2.22. The molecule has 1 aliphatic rings. The molecule has 3 aromatic rings. The van der Waals surface area contributed by atoms with Gasteiger partial charge in [0, 0.05) is 36.6 Å². The molecule has 0 aliphatic carbocycles. The van der Waals surface area contributed by atoms with E-state index in [-0.39, 0.29) is 5.56 Å². The van der Waals surface area contributed by atoms with Crippen LogP contribution in [-0.2, 0) is 19.4 Å². The zero-order valence-corrected chi connectivity index (χ0v) is 14.9. The molecule has 0 spiro atoms. The average molecular weight is 346 g/mol. The number of hydrogen-bond donors (Lipinski definition) is 1. The molecule has 0 bridgehead atoms. The summed E-state index contributed by atoms with van der Waals surface area (Å²) in [6, 6.07) is 14.2. The first kappa shape index (κ1) is 16.5. The third-order valence-electron chi connectivity index (χ3n) is 4.86. The summed E-state index contributed by atoms with van der Waals surface area (Å²) in [5.74, 6) is 1.54. The Morgan fingerprint density at radius 2 is 2.00 bits per heavy atom. The van der Waals surface area contributed by atoms with Crippen LogP contribution in [0.15, 0.2) is 53.5 Å². The first-order chi connectivity index (χ1) is 12.7. The summed E-state index contributed by atoms with van der Waals surface area (Å²) in [7, 11) is 0. The van der Waals surface area contributed by atoms with E-state index in [1.54, 1.807) is 12.3 Å². The minimum Gasteiger partial charge on any atom is -0.352 e. The van der Waals surface area contributed by atoms with Crippen LogP contribution in [0.1, 0.15) is 30.2 Å². The number of benzene rings is 1. The number of rotatable bonds is 3. The van der Waals surface area contributed by atoms with E-state index in [0.29, 0.717) is 5.82 Å². The third-order valence-corrected chi connectivity index (χ3v) is 4.86. The van der Waals surface area contributed by atoms with Gasteiger partial charge < -0.3 is 9.88 Å². The lowest BCUT2D eigenvalue weighted by atomic mass is 10.0. The van der Waals surface area contributed by atoms with Crippen molar-refractivity contribution in [2.45, 2.75) is 32.7 Å². The monoisotopic (exact) mass is 346 g/mol. The first-order valence-electron chi connectivity index (χ1n) is 9.11. The van der Waals surface area contributed by atoms with Crippen molar-refractivity contribution in [1.29, 1.82) is 0 Å². The highest BCUT2D eigenvalue weighted by Gasteiger charge is 2.15. The molecule has 3 heterocycles. The van der Waals surface area contributed by atoms with Crippen LogP contribution in [0.25, 0.3) is 11.4 Å². The fourth-order valence-corrected chi connectivity index (χ4v) is 3.44. The Morgan fingerprint density at radius 1 is 1.15 bits per heavy atom. The van der Waals surface area contributed by atoms with Crippen molar-refractivity contribution < 1.29 is 0 Å². The molecule has 0 unspecified atom stereocenters. The Hall–Kier alpha value is -2.95. The normalized spacial score (nSPS) is 14.0. The summed E-state index contributed by atoms with van der Waals surface area (Å²) >= 11 is 0. The summed E-state index contributed by atoms with van der Waals surface area (Å²) in [5, 5.41) is 0. The fourth-order valence-electron chi connectivity index (χ4n) is 3.44. The van der Waals surface area contributed by atoms with Gasteiger partial charge in [-0.05, 0) is 42.5 Å². The van der Waals surface area contributed by atoms with E-state index >= 15 is 0 Å².